The van der Waals surface area contributed by atoms with Gasteiger partial charge >= 0.3 is 5.97 Å². The van der Waals surface area contributed by atoms with Gasteiger partial charge in [0.15, 0.2) is 0 Å². The van der Waals surface area contributed by atoms with Crippen LogP contribution in [-0.2, 0) is 6.42 Å². The van der Waals surface area contributed by atoms with Crippen molar-refractivity contribution in [3.05, 3.63) is 21.9 Å². The van der Waals surface area contributed by atoms with E-state index in [1.54, 1.807) is 0 Å². The van der Waals surface area contributed by atoms with E-state index in [0.29, 0.717) is 4.88 Å². The molecule has 0 atom stereocenters. The van der Waals surface area contributed by atoms with E-state index in [0.717, 1.165) is 18.4 Å². The number of carbonyl (C=O) groups is 1. The lowest BCUT2D eigenvalue weighted by Crippen LogP contribution is -1.96. The predicted molar refractivity (Wildman–Crippen MR) is 45.3 cm³/mol. The number of hydrogen-bond acceptors (Lipinski definition) is 2. The van der Waals surface area contributed by atoms with Gasteiger partial charge in [0.1, 0.15) is 4.88 Å². The van der Waals surface area contributed by atoms with Crippen LogP contribution < -0.4 is 0 Å². The van der Waals surface area contributed by atoms with Gasteiger partial charge in [-0.1, -0.05) is 13.3 Å². The number of carboxylic acid groups (broad SMARTS) is 1. The number of rotatable bonds is 3. The van der Waals surface area contributed by atoms with Crippen molar-refractivity contribution in [1.82, 2.24) is 0 Å². The zero-order chi connectivity index (χ0) is 8.27. The molecule has 0 spiro atoms. The number of carboxylic acids is 1. The van der Waals surface area contributed by atoms with Crippen LogP contribution in [0.15, 0.2) is 11.4 Å². The van der Waals surface area contributed by atoms with Gasteiger partial charge in [-0.05, 0) is 23.4 Å². The van der Waals surface area contributed by atoms with Crippen LogP contribution in [0.4, 0.5) is 0 Å². The highest BCUT2D eigenvalue weighted by atomic mass is 32.1. The van der Waals surface area contributed by atoms with Gasteiger partial charge in [0, 0.05) is 0 Å². The molecule has 60 valence electrons. The molecule has 1 aromatic heterocycles. The fourth-order valence-corrected chi connectivity index (χ4v) is 1.78. The second kappa shape index (κ2) is 3.53. The molecule has 1 aromatic rings. The molecule has 0 fully saturated rings. The summed E-state index contributed by atoms with van der Waals surface area (Å²) in [6.07, 6.45) is 1.86. The molecule has 0 radical (unpaired) electrons. The van der Waals surface area contributed by atoms with E-state index in [1.165, 1.54) is 11.3 Å². The van der Waals surface area contributed by atoms with Gasteiger partial charge < -0.3 is 5.11 Å². The van der Waals surface area contributed by atoms with E-state index in [1.807, 2.05) is 18.4 Å². The maximum Gasteiger partial charge on any atom is 0.346 e. The largest absolute Gasteiger partial charge is 0.477 e. The number of hydrogen-bond donors (Lipinski definition) is 1. The minimum absolute atomic E-state index is 0.492. The van der Waals surface area contributed by atoms with Crippen molar-refractivity contribution in [2.45, 2.75) is 19.8 Å². The summed E-state index contributed by atoms with van der Waals surface area (Å²) in [5, 5.41) is 10.5. The van der Waals surface area contributed by atoms with Crippen LogP contribution in [0, 0.1) is 0 Å². The zero-order valence-electron chi connectivity index (χ0n) is 6.33. The van der Waals surface area contributed by atoms with Crippen LogP contribution in [0.2, 0.25) is 0 Å². The molecule has 2 nitrogen and oxygen atoms in total. The van der Waals surface area contributed by atoms with Crippen molar-refractivity contribution < 1.29 is 9.90 Å². The first-order valence-corrected chi connectivity index (χ1v) is 4.43. The lowest BCUT2D eigenvalue weighted by molar-refractivity contribution is 0.0701. The van der Waals surface area contributed by atoms with Gasteiger partial charge in [0.05, 0.1) is 0 Å². The highest BCUT2D eigenvalue weighted by Crippen LogP contribution is 2.17. The van der Waals surface area contributed by atoms with E-state index < -0.39 is 5.97 Å². The third-order valence-electron chi connectivity index (χ3n) is 1.46. The second-order valence-electron chi connectivity index (χ2n) is 2.33. The average molecular weight is 170 g/mol. The third kappa shape index (κ3) is 1.80. The van der Waals surface area contributed by atoms with Crippen molar-refractivity contribution in [3.8, 4) is 0 Å². The summed E-state index contributed by atoms with van der Waals surface area (Å²) in [5.41, 5.74) is 0.963. The molecule has 1 N–H and O–H groups in total. The van der Waals surface area contributed by atoms with Gasteiger partial charge in [0.2, 0.25) is 0 Å². The monoisotopic (exact) mass is 170 g/mol. The topological polar surface area (TPSA) is 37.3 Å². The van der Waals surface area contributed by atoms with Crippen molar-refractivity contribution in [3.63, 3.8) is 0 Å². The molecule has 0 saturated heterocycles. The summed E-state index contributed by atoms with van der Waals surface area (Å²) in [7, 11) is 0. The molecular weight excluding hydrogens is 160 g/mol. The maximum atomic E-state index is 10.6. The summed E-state index contributed by atoms with van der Waals surface area (Å²) in [6, 6.07) is 1.89. The van der Waals surface area contributed by atoms with Crippen LogP contribution in [0.5, 0.6) is 0 Å². The van der Waals surface area contributed by atoms with E-state index in [2.05, 4.69) is 0 Å². The van der Waals surface area contributed by atoms with Gasteiger partial charge in [0.25, 0.3) is 0 Å². The smallest absolute Gasteiger partial charge is 0.346 e. The molecule has 0 bridgehead atoms. The highest BCUT2D eigenvalue weighted by Gasteiger charge is 2.09. The zero-order valence-corrected chi connectivity index (χ0v) is 7.15. The Bertz CT molecular complexity index is 252. The first-order chi connectivity index (χ1) is 5.25. The van der Waals surface area contributed by atoms with Gasteiger partial charge in [-0.25, -0.2) is 4.79 Å². The molecule has 3 heteroatoms. The fourth-order valence-electron chi connectivity index (χ4n) is 0.990. The van der Waals surface area contributed by atoms with E-state index in [9.17, 15) is 4.79 Å². The normalized spacial score (nSPS) is 9.91. The Balaban J connectivity index is 2.87. The Morgan fingerprint density at radius 1 is 1.73 bits per heavy atom. The van der Waals surface area contributed by atoms with Crippen molar-refractivity contribution in [2.24, 2.45) is 0 Å². The van der Waals surface area contributed by atoms with Crippen LogP contribution in [0.1, 0.15) is 28.6 Å². The van der Waals surface area contributed by atoms with Crippen molar-refractivity contribution in [2.75, 3.05) is 0 Å². The van der Waals surface area contributed by atoms with Crippen LogP contribution in [0.25, 0.3) is 0 Å². The van der Waals surface area contributed by atoms with Crippen LogP contribution >= 0.6 is 11.3 Å². The average Bonchev–Trinajstić information content (AvgIpc) is 2.36. The summed E-state index contributed by atoms with van der Waals surface area (Å²) in [4.78, 5) is 11.1. The molecule has 11 heavy (non-hydrogen) atoms. The molecule has 0 amide bonds. The molecular formula is C8H10O2S. The molecule has 0 unspecified atom stereocenters. The molecule has 0 aliphatic heterocycles. The first kappa shape index (κ1) is 8.27. The minimum atomic E-state index is -0.802. The SMILES string of the molecule is CCCc1ccsc1C(=O)O. The van der Waals surface area contributed by atoms with Gasteiger partial charge in [-0.2, -0.15) is 0 Å². The Hall–Kier alpha value is -0.830. The van der Waals surface area contributed by atoms with Crippen LogP contribution in [-0.4, -0.2) is 11.1 Å². The minimum Gasteiger partial charge on any atom is -0.477 e. The predicted octanol–water partition coefficient (Wildman–Crippen LogP) is 2.40. The quantitative estimate of drug-likeness (QED) is 0.756. The standard InChI is InChI=1S/C8H10O2S/c1-2-3-6-4-5-11-7(6)8(9)10/h4-5H,2-3H2,1H3,(H,9,10). The summed E-state index contributed by atoms with van der Waals surface area (Å²) >= 11 is 1.30. The lowest BCUT2D eigenvalue weighted by Gasteiger charge is -1.94. The molecule has 0 aliphatic carbocycles. The van der Waals surface area contributed by atoms with Gasteiger partial charge in [-0.15, -0.1) is 11.3 Å². The fraction of sp³-hybridized carbons (Fsp3) is 0.375. The van der Waals surface area contributed by atoms with Gasteiger partial charge in [-0.3, -0.25) is 0 Å². The van der Waals surface area contributed by atoms with E-state index >= 15 is 0 Å². The van der Waals surface area contributed by atoms with E-state index in [4.69, 9.17) is 5.11 Å². The highest BCUT2D eigenvalue weighted by molar-refractivity contribution is 7.12. The Morgan fingerprint density at radius 2 is 2.45 bits per heavy atom. The number of aryl methyl sites for hydroxylation is 1. The first-order valence-electron chi connectivity index (χ1n) is 3.55. The lowest BCUT2D eigenvalue weighted by atomic mass is 10.1. The molecule has 0 saturated carbocycles. The Kier molecular flexibility index (Phi) is 2.65. The number of thiophene rings is 1. The second-order valence-corrected chi connectivity index (χ2v) is 3.25. The number of aromatic carboxylic acids is 1. The summed E-state index contributed by atoms with van der Waals surface area (Å²) in [6.45, 7) is 2.04. The summed E-state index contributed by atoms with van der Waals surface area (Å²) in [5.74, 6) is -0.802. The maximum absolute atomic E-state index is 10.6. The Labute approximate surface area is 69.5 Å². The molecule has 0 aliphatic rings. The molecule has 0 aromatic carbocycles. The third-order valence-corrected chi connectivity index (χ3v) is 2.41. The van der Waals surface area contributed by atoms with Crippen molar-refractivity contribution in [1.29, 1.82) is 0 Å². The Morgan fingerprint density at radius 3 is 3.00 bits per heavy atom. The van der Waals surface area contributed by atoms with E-state index in [-0.39, 0.29) is 0 Å². The van der Waals surface area contributed by atoms with Crippen LogP contribution in [0.3, 0.4) is 0 Å². The summed E-state index contributed by atoms with van der Waals surface area (Å²) < 4.78 is 0. The molecule has 1 heterocycles. The van der Waals surface area contributed by atoms with Crippen molar-refractivity contribution >= 4 is 17.3 Å². The molecule has 1 rings (SSSR count).